The minimum atomic E-state index is -0.0703. The smallest absolute Gasteiger partial charge is 0.310 e. The number of carbonyl (C=O) groups is 1. The molecule has 0 aromatic heterocycles. The molecule has 3 heteroatoms. The van der Waals surface area contributed by atoms with E-state index in [1.165, 1.54) is 18.4 Å². The van der Waals surface area contributed by atoms with Crippen molar-refractivity contribution in [3.8, 4) is 0 Å². The molecule has 0 radical (unpaired) electrons. The third-order valence-corrected chi connectivity index (χ3v) is 6.52. The maximum absolute atomic E-state index is 13.0. The van der Waals surface area contributed by atoms with Crippen LogP contribution in [0, 0.1) is 36.0 Å². The summed E-state index contributed by atoms with van der Waals surface area (Å²) in [6, 6.07) is 8.34. The van der Waals surface area contributed by atoms with Crippen LogP contribution in [0.1, 0.15) is 45.6 Å². The van der Waals surface area contributed by atoms with Crippen LogP contribution in [0.5, 0.6) is 0 Å². The van der Waals surface area contributed by atoms with Gasteiger partial charge in [0.25, 0.3) is 0 Å². The summed E-state index contributed by atoms with van der Waals surface area (Å²) < 4.78 is 5.67. The van der Waals surface area contributed by atoms with Gasteiger partial charge in [-0.1, -0.05) is 36.8 Å². The maximum atomic E-state index is 13.0. The second-order valence-electron chi connectivity index (χ2n) is 8.50. The maximum Gasteiger partial charge on any atom is 0.310 e. The van der Waals surface area contributed by atoms with Crippen molar-refractivity contribution in [2.45, 2.75) is 53.1 Å². The summed E-state index contributed by atoms with van der Waals surface area (Å²) in [5, 5.41) is 0. The molecule has 4 unspecified atom stereocenters. The fourth-order valence-electron chi connectivity index (χ4n) is 5.25. The second-order valence-corrected chi connectivity index (χ2v) is 8.50. The number of rotatable bonds is 5. The van der Waals surface area contributed by atoms with E-state index in [-0.39, 0.29) is 23.9 Å². The quantitative estimate of drug-likeness (QED) is 0.412. The van der Waals surface area contributed by atoms with Gasteiger partial charge in [0, 0.05) is 11.6 Å². The van der Waals surface area contributed by atoms with Crippen molar-refractivity contribution in [1.82, 2.24) is 0 Å². The van der Waals surface area contributed by atoms with Crippen molar-refractivity contribution in [3.63, 3.8) is 0 Å². The predicted molar refractivity (Wildman–Crippen MR) is 105 cm³/mol. The molecule has 3 aliphatic rings. The fourth-order valence-corrected chi connectivity index (χ4v) is 5.25. The Morgan fingerprint density at radius 2 is 1.77 bits per heavy atom. The van der Waals surface area contributed by atoms with E-state index < -0.39 is 0 Å². The SMILES string of the molecule is CCC(=Nc1ccc(C)cc1)C1C(C(=O)OC(C)C)C2C=CC1C21CC1. The first-order valence-electron chi connectivity index (χ1n) is 9.99. The van der Waals surface area contributed by atoms with E-state index in [9.17, 15) is 4.79 Å². The summed E-state index contributed by atoms with van der Waals surface area (Å²) in [5.41, 5.74) is 3.69. The van der Waals surface area contributed by atoms with E-state index in [2.05, 4.69) is 50.3 Å². The number of allylic oxidation sites excluding steroid dienone is 2. The lowest BCUT2D eigenvalue weighted by molar-refractivity contribution is -0.154. The highest BCUT2D eigenvalue weighted by atomic mass is 16.5. The van der Waals surface area contributed by atoms with Gasteiger partial charge >= 0.3 is 5.97 Å². The van der Waals surface area contributed by atoms with Crippen LogP contribution in [-0.4, -0.2) is 17.8 Å². The lowest BCUT2D eigenvalue weighted by atomic mass is 9.79. The summed E-state index contributed by atoms with van der Waals surface area (Å²) in [6.45, 7) is 8.12. The first kappa shape index (κ1) is 17.5. The molecule has 2 fully saturated rings. The first-order valence-corrected chi connectivity index (χ1v) is 9.99. The normalized spacial score (nSPS) is 31.0. The molecule has 1 spiro atoms. The molecule has 0 heterocycles. The van der Waals surface area contributed by atoms with Crippen molar-refractivity contribution in [2.75, 3.05) is 0 Å². The molecule has 1 aromatic rings. The van der Waals surface area contributed by atoms with Gasteiger partial charge in [-0.15, -0.1) is 0 Å². The van der Waals surface area contributed by atoms with Gasteiger partial charge in [0.05, 0.1) is 17.7 Å². The van der Waals surface area contributed by atoms with E-state index in [0.717, 1.165) is 17.8 Å². The van der Waals surface area contributed by atoms with Gasteiger partial charge < -0.3 is 4.74 Å². The Bertz CT molecular complexity index is 755. The van der Waals surface area contributed by atoms with Crippen LogP contribution >= 0.6 is 0 Å². The number of hydrogen-bond donors (Lipinski definition) is 0. The van der Waals surface area contributed by atoms with E-state index in [1.807, 2.05) is 13.8 Å². The molecule has 0 saturated heterocycles. The molecule has 4 rings (SSSR count). The zero-order chi connectivity index (χ0) is 18.5. The van der Waals surface area contributed by atoms with E-state index in [1.54, 1.807) is 0 Å². The molecule has 0 amide bonds. The summed E-state index contributed by atoms with van der Waals surface area (Å²) in [6.07, 6.45) is 7.93. The molecule has 0 aliphatic heterocycles. The van der Waals surface area contributed by atoms with Gasteiger partial charge in [-0.05, 0) is 69.4 Å². The van der Waals surface area contributed by atoms with Crippen LogP contribution in [0.15, 0.2) is 41.4 Å². The molecule has 4 atom stereocenters. The third kappa shape index (κ3) is 2.72. The van der Waals surface area contributed by atoms with Gasteiger partial charge in [-0.25, -0.2) is 0 Å². The van der Waals surface area contributed by atoms with Crippen LogP contribution in [0.2, 0.25) is 0 Å². The van der Waals surface area contributed by atoms with Crippen molar-refractivity contribution in [3.05, 3.63) is 42.0 Å². The van der Waals surface area contributed by atoms with Gasteiger partial charge in [0.1, 0.15) is 0 Å². The predicted octanol–water partition coefficient (Wildman–Crippen LogP) is 5.26. The lowest BCUT2D eigenvalue weighted by Gasteiger charge is -2.28. The summed E-state index contributed by atoms with van der Waals surface area (Å²) in [4.78, 5) is 18.0. The summed E-state index contributed by atoms with van der Waals surface area (Å²) in [7, 11) is 0. The number of aryl methyl sites for hydroxylation is 1. The molecule has 138 valence electrons. The number of nitrogens with zero attached hydrogens (tertiary/aromatic N) is 1. The molecule has 0 N–H and O–H groups in total. The average Bonchev–Trinajstić information content (AvgIpc) is 3.27. The second kappa shape index (κ2) is 6.37. The Kier molecular flexibility index (Phi) is 4.29. The van der Waals surface area contributed by atoms with Crippen LogP contribution in [0.3, 0.4) is 0 Å². The topological polar surface area (TPSA) is 38.7 Å². The Morgan fingerprint density at radius 1 is 1.15 bits per heavy atom. The fraction of sp³-hybridized carbons (Fsp3) is 0.565. The van der Waals surface area contributed by atoms with Crippen molar-refractivity contribution in [1.29, 1.82) is 0 Å². The van der Waals surface area contributed by atoms with Gasteiger partial charge in [-0.2, -0.15) is 0 Å². The van der Waals surface area contributed by atoms with Crippen LogP contribution in [-0.2, 0) is 9.53 Å². The van der Waals surface area contributed by atoms with Crippen LogP contribution in [0.25, 0.3) is 0 Å². The molecular formula is C23H29NO2. The highest BCUT2D eigenvalue weighted by molar-refractivity contribution is 5.94. The number of hydrogen-bond acceptors (Lipinski definition) is 3. The number of ether oxygens (including phenoxy) is 1. The minimum Gasteiger partial charge on any atom is -0.463 e. The zero-order valence-electron chi connectivity index (χ0n) is 16.2. The number of esters is 1. The third-order valence-electron chi connectivity index (χ3n) is 6.52. The molecule has 2 bridgehead atoms. The average molecular weight is 351 g/mol. The van der Waals surface area contributed by atoms with E-state index >= 15 is 0 Å². The summed E-state index contributed by atoms with van der Waals surface area (Å²) in [5.74, 6) is 0.863. The van der Waals surface area contributed by atoms with E-state index in [4.69, 9.17) is 9.73 Å². The molecule has 26 heavy (non-hydrogen) atoms. The Balaban J connectivity index is 1.70. The number of carbonyl (C=O) groups excluding carboxylic acids is 1. The Morgan fingerprint density at radius 3 is 2.31 bits per heavy atom. The Hall–Kier alpha value is -1.90. The van der Waals surface area contributed by atoms with E-state index in [0.29, 0.717) is 17.3 Å². The summed E-state index contributed by atoms with van der Waals surface area (Å²) >= 11 is 0. The molecule has 1 aromatic carbocycles. The van der Waals surface area contributed by atoms with Crippen LogP contribution in [0.4, 0.5) is 5.69 Å². The highest BCUT2D eigenvalue weighted by Gasteiger charge is 2.69. The van der Waals surface area contributed by atoms with Gasteiger partial charge in [0.15, 0.2) is 0 Å². The lowest BCUT2D eigenvalue weighted by Crippen LogP contribution is -2.35. The van der Waals surface area contributed by atoms with Gasteiger partial charge in [-0.3, -0.25) is 9.79 Å². The van der Waals surface area contributed by atoms with Crippen molar-refractivity contribution < 1.29 is 9.53 Å². The van der Waals surface area contributed by atoms with Crippen molar-refractivity contribution in [2.24, 2.45) is 34.1 Å². The largest absolute Gasteiger partial charge is 0.463 e. The molecule has 2 saturated carbocycles. The monoisotopic (exact) mass is 351 g/mol. The standard InChI is InChI=1S/C23H29NO2/c1-5-19(24-16-8-6-15(4)7-9-16)20-17-10-11-18(23(17)12-13-23)21(20)22(25)26-14(2)3/h6-11,14,17-18,20-21H,5,12-13H2,1-4H3. The minimum absolute atomic E-state index is 0.0295. The Labute approximate surface area is 156 Å². The molecule has 3 nitrogen and oxygen atoms in total. The van der Waals surface area contributed by atoms with Gasteiger partial charge in [0.2, 0.25) is 0 Å². The number of benzene rings is 1. The highest BCUT2D eigenvalue weighted by Crippen LogP contribution is 2.72. The number of aliphatic imine (C=N–C) groups is 1. The molecular weight excluding hydrogens is 322 g/mol. The van der Waals surface area contributed by atoms with Crippen molar-refractivity contribution >= 4 is 17.4 Å². The first-order chi connectivity index (χ1) is 12.5. The molecule has 3 aliphatic carbocycles. The van der Waals surface area contributed by atoms with Crippen LogP contribution < -0.4 is 0 Å². The zero-order valence-corrected chi connectivity index (χ0v) is 16.2.